The first-order chi connectivity index (χ1) is 10.5. The highest BCUT2D eigenvalue weighted by Crippen LogP contribution is 2.23. The molecule has 116 valence electrons. The first-order valence-electron chi connectivity index (χ1n) is 6.67. The molecule has 2 aromatic rings. The summed E-state index contributed by atoms with van der Waals surface area (Å²) in [5.41, 5.74) is 1.26. The van der Waals surface area contributed by atoms with E-state index in [4.69, 9.17) is 12.2 Å². The highest BCUT2D eigenvalue weighted by Gasteiger charge is 2.11. The van der Waals surface area contributed by atoms with E-state index in [-0.39, 0.29) is 5.82 Å². The number of nitrogens with one attached hydrogen (secondary N) is 1. The highest BCUT2D eigenvalue weighted by molar-refractivity contribution is 9.11. The van der Waals surface area contributed by atoms with Gasteiger partial charge in [0.2, 0.25) is 0 Å². The van der Waals surface area contributed by atoms with E-state index in [1.54, 1.807) is 30.4 Å². The van der Waals surface area contributed by atoms with Crippen LogP contribution in [-0.4, -0.2) is 16.6 Å². The number of hydrogen-bond acceptors (Lipinski definition) is 2. The van der Waals surface area contributed by atoms with Gasteiger partial charge in [0, 0.05) is 17.1 Å². The van der Waals surface area contributed by atoms with E-state index < -0.39 is 0 Å². The van der Waals surface area contributed by atoms with E-state index in [0.717, 1.165) is 3.79 Å². The van der Waals surface area contributed by atoms with Crippen LogP contribution < -0.4 is 5.32 Å². The minimum atomic E-state index is -0.245. The SMILES string of the molecule is C=CCN(Cc1ccc(Br)s1)C(=S)Nc1ccc(C)c(F)c1. The molecule has 2 rings (SSSR count). The molecule has 0 atom stereocenters. The van der Waals surface area contributed by atoms with Crippen LogP contribution in [0.15, 0.2) is 46.8 Å². The molecule has 1 aromatic carbocycles. The molecule has 2 nitrogen and oxygen atoms in total. The van der Waals surface area contributed by atoms with Crippen LogP contribution in [0, 0.1) is 12.7 Å². The van der Waals surface area contributed by atoms with E-state index in [9.17, 15) is 4.39 Å². The number of aryl methyl sites for hydroxylation is 1. The van der Waals surface area contributed by atoms with Gasteiger partial charge in [-0.05, 0) is 64.9 Å². The van der Waals surface area contributed by atoms with Crippen molar-refractivity contribution in [2.45, 2.75) is 13.5 Å². The monoisotopic (exact) mass is 398 g/mol. The Balaban J connectivity index is 2.08. The number of thiophene rings is 1. The largest absolute Gasteiger partial charge is 0.340 e. The Morgan fingerprint density at radius 3 is 2.82 bits per heavy atom. The molecule has 0 spiro atoms. The normalized spacial score (nSPS) is 10.3. The Kier molecular flexibility index (Phi) is 6.11. The van der Waals surface area contributed by atoms with Crippen molar-refractivity contribution in [3.05, 3.63) is 63.0 Å². The van der Waals surface area contributed by atoms with Crippen LogP contribution in [0.25, 0.3) is 0 Å². The number of nitrogens with zero attached hydrogens (tertiary/aromatic N) is 1. The van der Waals surface area contributed by atoms with Gasteiger partial charge >= 0.3 is 0 Å². The van der Waals surface area contributed by atoms with Crippen LogP contribution in [0.2, 0.25) is 0 Å². The van der Waals surface area contributed by atoms with Gasteiger partial charge in [-0.3, -0.25) is 0 Å². The summed E-state index contributed by atoms with van der Waals surface area (Å²) in [4.78, 5) is 3.17. The van der Waals surface area contributed by atoms with Crippen molar-refractivity contribution < 1.29 is 4.39 Å². The molecule has 22 heavy (non-hydrogen) atoms. The van der Waals surface area contributed by atoms with Gasteiger partial charge in [0.1, 0.15) is 5.82 Å². The van der Waals surface area contributed by atoms with Gasteiger partial charge in [-0.25, -0.2) is 4.39 Å². The average Bonchev–Trinajstić information content (AvgIpc) is 2.88. The summed E-state index contributed by atoms with van der Waals surface area (Å²) >= 11 is 10.6. The predicted molar refractivity (Wildman–Crippen MR) is 100.0 cm³/mol. The Hall–Kier alpha value is -1.24. The smallest absolute Gasteiger partial charge is 0.174 e. The van der Waals surface area contributed by atoms with Gasteiger partial charge in [0.15, 0.2) is 5.11 Å². The molecule has 0 radical (unpaired) electrons. The summed E-state index contributed by atoms with van der Waals surface area (Å²) in [5.74, 6) is -0.245. The third-order valence-electron chi connectivity index (χ3n) is 3.04. The van der Waals surface area contributed by atoms with E-state index in [1.165, 1.54) is 10.9 Å². The van der Waals surface area contributed by atoms with E-state index >= 15 is 0 Å². The molecule has 0 saturated carbocycles. The fourth-order valence-electron chi connectivity index (χ4n) is 1.87. The van der Waals surface area contributed by atoms with Crippen LogP contribution in [0.1, 0.15) is 10.4 Å². The molecule has 1 aromatic heterocycles. The number of rotatable bonds is 5. The number of thiocarbonyl (C=S) groups is 1. The van der Waals surface area contributed by atoms with Crippen LogP contribution in [0.5, 0.6) is 0 Å². The average molecular weight is 399 g/mol. The molecule has 0 amide bonds. The van der Waals surface area contributed by atoms with Gasteiger partial charge in [0.25, 0.3) is 0 Å². The highest BCUT2D eigenvalue weighted by atomic mass is 79.9. The van der Waals surface area contributed by atoms with Gasteiger partial charge < -0.3 is 10.2 Å². The van der Waals surface area contributed by atoms with E-state index in [1.807, 2.05) is 17.0 Å². The third-order valence-corrected chi connectivity index (χ3v) is 5.00. The third kappa shape index (κ3) is 4.63. The lowest BCUT2D eigenvalue weighted by Crippen LogP contribution is -2.34. The van der Waals surface area contributed by atoms with E-state index in [0.29, 0.717) is 29.5 Å². The van der Waals surface area contributed by atoms with Crippen molar-refractivity contribution in [3.8, 4) is 0 Å². The standard InChI is InChI=1S/C16H16BrFN2S2/c1-3-8-20(10-13-6-7-15(17)22-13)16(21)19-12-5-4-11(2)14(18)9-12/h3-7,9H,1,8,10H2,2H3,(H,19,21). The fraction of sp³-hybridized carbons (Fsp3) is 0.188. The van der Waals surface area contributed by atoms with Gasteiger partial charge in [-0.15, -0.1) is 17.9 Å². The zero-order chi connectivity index (χ0) is 16.1. The maximum Gasteiger partial charge on any atom is 0.174 e. The van der Waals surface area contributed by atoms with Gasteiger partial charge in [0.05, 0.1) is 10.3 Å². The van der Waals surface area contributed by atoms with E-state index in [2.05, 4.69) is 33.9 Å². The number of anilines is 1. The second kappa shape index (κ2) is 7.85. The number of benzene rings is 1. The summed E-state index contributed by atoms with van der Waals surface area (Å²) in [5, 5.41) is 3.63. The Morgan fingerprint density at radius 2 is 2.23 bits per heavy atom. The summed E-state index contributed by atoms with van der Waals surface area (Å²) < 4.78 is 14.7. The molecule has 0 aliphatic heterocycles. The molecule has 0 saturated heterocycles. The maximum absolute atomic E-state index is 13.6. The van der Waals surface area contributed by atoms with Crippen molar-refractivity contribution in [3.63, 3.8) is 0 Å². The topological polar surface area (TPSA) is 15.3 Å². The van der Waals surface area contributed by atoms with Crippen LogP contribution >= 0.6 is 39.5 Å². The molecule has 0 unspecified atom stereocenters. The lowest BCUT2D eigenvalue weighted by atomic mass is 10.2. The summed E-state index contributed by atoms with van der Waals surface area (Å²) in [6.45, 7) is 6.80. The van der Waals surface area contributed by atoms with Crippen molar-refractivity contribution in [2.75, 3.05) is 11.9 Å². The lowest BCUT2D eigenvalue weighted by Gasteiger charge is -2.24. The zero-order valence-electron chi connectivity index (χ0n) is 12.1. The number of halogens is 2. The summed E-state index contributed by atoms with van der Waals surface area (Å²) in [6.07, 6.45) is 1.80. The number of hydrogen-bond donors (Lipinski definition) is 1. The molecular formula is C16H16BrFN2S2. The maximum atomic E-state index is 13.6. The lowest BCUT2D eigenvalue weighted by molar-refractivity contribution is 0.468. The minimum Gasteiger partial charge on any atom is -0.340 e. The molecule has 1 heterocycles. The molecule has 6 heteroatoms. The molecule has 0 fully saturated rings. The molecular weight excluding hydrogens is 383 g/mol. The second-order valence-electron chi connectivity index (χ2n) is 4.77. The zero-order valence-corrected chi connectivity index (χ0v) is 15.3. The van der Waals surface area contributed by atoms with Crippen LogP contribution in [0.4, 0.5) is 10.1 Å². The Bertz CT molecular complexity index is 685. The van der Waals surface area contributed by atoms with Crippen molar-refractivity contribution in [2.24, 2.45) is 0 Å². The fourth-order valence-corrected chi connectivity index (χ4v) is 3.63. The molecule has 1 N–H and O–H groups in total. The Labute approximate surface area is 147 Å². The predicted octanol–water partition coefficient (Wildman–Crippen LogP) is 5.34. The van der Waals surface area contributed by atoms with Crippen LogP contribution in [-0.2, 0) is 6.54 Å². The minimum absolute atomic E-state index is 0.245. The van der Waals surface area contributed by atoms with Gasteiger partial charge in [-0.2, -0.15) is 0 Å². The molecule has 0 aliphatic carbocycles. The van der Waals surface area contributed by atoms with Crippen molar-refractivity contribution >= 4 is 50.3 Å². The quantitative estimate of drug-likeness (QED) is 0.540. The van der Waals surface area contributed by atoms with Crippen molar-refractivity contribution in [1.29, 1.82) is 0 Å². The van der Waals surface area contributed by atoms with Crippen molar-refractivity contribution in [1.82, 2.24) is 4.90 Å². The van der Waals surface area contributed by atoms with Crippen LogP contribution in [0.3, 0.4) is 0 Å². The summed E-state index contributed by atoms with van der Waals surface area (Å²) in [7, 11) is 0. The summed E-state index contributed by atoms with van der Waals surface area (Å²) in [6, 6.07) is 9.07. The Morgan fingerprint density at radius 1 is 1.45 bits per heavy atom. The molecule has 0 aliphatic rings. The van der Waals surface area contributed by atoms with Gasteiger partial charge in [-0.1, -0.05) is 12.1 Å². The first kappa shape index (κ1) is 17.1. The molecule has 0 bridgehead atoms. The first-order valence-corrected chi connectivity index (χ1v) is 8.68. The second-order valence-corrected chi connectivity index (χ2v) is 7.70.